The maximum atomic E-state index is 12.8. The number of nitrogens with zero attached hydrogens (tertiary/aromatic N) is 1. The molecule has 0 spiro atoms. The molecule has 1 atom stereocenters. The molecule has 0 aromatic heterocycles. The van der Waals surface area contributed by atoms with Crippen LogP contribution in [0, 0.1) is 5.41 Å². The van der Waals surface area contributed by atoms with Gasteiger partial charge < -0.3 is 15.5 Å². The minimum Gasteiger partial charge on any atom is -0.493 e. The Bertz CT molecular complexity index is 697. The van der Waals surface area contributed by atoms with Gasteiger partial charge in [-0.05, 0) is 42.2 Å². The summed E-state index contributed by atoms with van der Waals surface area (Å²) in [4.78, 5) is 36.6. The molecule has 0 saturated heterocycles. The van der Waals surface area contributed by atoms with Crippen LogP contribution in [0.4, 0.5) is 0 Å². The predicted octanol–water partition coefficient (Wildman–Crippen LogP) is 0.841. The molecule has 8 nitrogen and oxygen atoms in total. The monoisotopic (exact) mass is 353 g/mol. The first-order valence-electron chi connectivity index (χ1n) is 7.63. The number of carbonyl (C=O) groups excluding carboxylic acids is 2. The topological polar surface area (TPSA) is 119 Å². The van der Waals surface area contributed by atoms with E-state index in [0.717, 1.165) is 29.7 Å². The molecular weight excluding hydrogens is 334 g/mol. The van der Waals surface area contributed by atoms with Crippen molar-refractivity contribution in [2.45, 2.75) is 39.2 Å². The number of aliphatic carboxylic acids is 1. The number of aliphatic hydroxyl groups excluding tert-OH is 1. The van der Waals surface area contributed by atoms with Crippen molar-refractivity contribution < 1.29 is 24.6 Å². The number of aliphatic hydroxyl groups is 1. The van der Waals surface area contributed by atoms with Crippen molar-refractivity contribution >= 4 is 29.6 Å². The van der Waals surface area contributed by atoms with Gasteiger partial charge in [0, 0.05) is 4.91 Å². The minimum atomic E-state index is -1.23. The molecule has 9 heteroatoms. The average molecular weight is 353 g/mol. The molecule has 0 bridgehead atoms. The van der Waals surface area contributed by atoms with E-state index >= 15 is 0 Å². The number of hydrogen-bond donors (Lipinski definition) is 4. The Labute approximate surface area is 143 Å². The van der Waals surface area contributed by atoms with Crippen LogP contribution in [0.5, 0.6) is 0 Å². The van der Waals surface area contributed by atoms with E-state index in [1.54, 1.807) is 4.41 Å². The zero-order valence-electron chi connectivity index (χ0n) is 13.4. The van der Waals surface area contributed by atoms with E-state index < -0.39 is 41.7 Å². The molecule has 3 aliphatic rings. The summed E-state index contributed by atoms with van der Waals surface area (Å²) in [7, 11) is 0. The molecule has 130 valence electrons. The second kappa shape index (κ2) is 5.82. The van der Waals surface area contributed by atoms with Gasteiger partial charge in [-0.3, -0.25) is 19.8 Å². The van der Waals surface area contributed by atoms with E-state index in [1.807, 2.05) is 0 Å². The summed E-state index contributed by atoms with van der Waals surface area (Å²) >= 11 is 1.38. The zero-order valence-corrected chi connectivity index (χ0v) is 14.2. The van der Waals surface area contributed by atoms with Crippen LogP contribution in [0.1, 0.15) is 33.1 Å². The Morgan fingerprint density at radius 2 is 2.17 bits per heavy atom. The van der Waals surface area contributed by atoms with E-state index in [0.29, 0.717) is 0 Å². The van der Waals surface area contributed by atoms with Gasteiger partial charge in [0.2, 0.25) is 5.88 Å². The molecule has 4 N–H and O–H groups in total. The molecule has 0 saturated carbocycles. The van der Waals surface area contributed by atoms with Gasteiger partial charge in [0.15, 0.2) is 5.78 Å². The lowest BCUT2D eigenvalue weighted by atomic mass is 9.74. The van der Waals surface area contributed by atoms with Crippen molar-refractivity contribution in [2.24, 2.45) is 5.41 Å². The highest BCUT2D eigenvalue weighted by molar-refractivity contribution is 8.01. The quantitative estimate of drug-likeness (QED) is 0.435. The van der Waals surface area contributed by atoms with Crippen molar-refractivity contribution in [2.75, 3.05) is 6.54 Å². The van der Waals surface area contributed by atoms with Gasteiger partial charge in [-0.2, -0.15) is 0 Å². The lowest BCUT2D eigenvalue weighted by molar-refractivity contribution is -0.138. The van der Waals surface area contributed by atoms with E-state index in [4.69, 9.17) is 5.11 Å². The smallest absolute Gasteiger partial charge is 0.322 e. The van der Waals surface area contributed by atoms with E-state index in [2.05, 4.69) is 24.6 Å². The highest BCUT2D eigenvalue weighted by Gasteiger charge is 2.48. The van der Waals surface area contributed by atoms with Gasteiger partial charge in [-0.1, -0.05) is 13.8 Å². The average Bonchev–Trinajstić information content (AvgIpc) is 2.81. The summed E-state index contributed by atoms with van der Waals surface area (Å²) in [5.74, 6) is -3.17. The largest absolute Gasteiger partial charge is 0.493 e. The Kier molecular flexibility index (Phi) is 4.08. The first-order valence-corrected chi connectivity index (χ1v) is 8.40. The normalized spacial score (nSPS) is 25.9. The number of carboxylic acid groups (broad SMARTS) is 1. The molecule has 1 aliphatic carbocycles. The van der Waals surface area contributed by atoms with Crippen LogP contribution >= 0.6 is 11.9 Å². The van der Waals surface area contributed by atoms with Crippen molar-refractivity contribution in [3.63, 3.8) is 0 Å². The van der Waals surface area contributed by atoms with Crippen molar-refractivity contribution in [1.29, 1.82) is 0 Å². The fourth-order valence-corrected chi connectivity index (χ4v) is 4.40. The lowest BCUT2D eigenvalue weighted by Gasteiger charge is -2.34. The van der Waals surface area contributed by atoms with Gasteiger partial charge >= 0.3 is 5.97 Å². The third-order valence-corrected chi connectivity index (χ3v) is 5.59. The number of rotatable bonds is 3. The SMILES string of the molecule is CC1(C)CCC2=C(C1)C1C(=O)C(C(=O)NCC(=O)O)=C(O)NN1S2. The molecule has 0 aromatic rings. The van der Waals surface area contributed by atoms with Crippen LogP contribution in [0.15, 0.2) is 21.9 Å². The van der Waals surface area contributed by atoms with Gasteiger partial charge in [-0.25, -0.2) is 0 Å². The van der Waals surface area contributed by atoms with Gasteiger partial charge in [0.1, 0.15) is 18.2 Å². The zero-order chi connectivity index (χ0) is 17.6. The van der Waals surface area contributed by atoms with Crippen molar-refractivity contribution in [3.8, 4) is 0 Å². The predicted molar refractivity (Wildman–Crippen MR) is 86.3 cm³/mol. The Morgan fingerprint density at radius 3 is 2.83 bits per heavy atom. The number of Topliss-reactive ketones (excluding diaryl/α,β-unsaturated/α-hetero) is 1. The first-order chi connectivity index (χ1) is 11.2. The van der Waals surface area contributed by atoms with Gasteiger partial charge in [-0.15, -0.1) is 4.41 Å². The van der Waals surface area contributed by atoms with Crippen molar-refractivity contribution in [1.82, 2.24) is 15.2 Å². The molecule has 24 heavy (non-hydrogen) atoms. The Morgan fingerprint density at radius 1 is 1.46 bits per heavy atom. The number of nitrogens with one attached hydrogen (secondary N) is 2. The molecule has 1 amide bonds. The molecule has 2 heterocycles. The standard InChI is InChI=1S/C15H19N3O5S/c1-15(2)4-3-8-7(5-15)11-12(21)10(13(22)16-6-9(19)20)14(23)17-18(11)24-8/h11,17,23H,3-6H2,1-2H3,(H,16,22)(H,19,20). The Hall–Kier alpha value is -2.00. The second-order valence-corrected chi connectivity index (χ2v) is 7.95. The summed E-state index contributed by atoms with van der Waals surface area (Å²) in [5.41, 5.74) is 3.30. The summed E-state index contributed by atoms with van der Waals surface area (Å²) in [5, 5.41) is 20.8. The molecule has 0 radical (unpaired) electrons. The third-order valence-electron chi connectivity index (χ3n) is 4.40. The van der Waals surface area contributed by atoms with Crippen LogP contribution in [-0.4, -0.2) is 44.9 Å². The van der Waals surface area contributed by atoms with Crippen LogP contribution in [0.3, 0.4) is 0 Å². The number of allylic oxidation sites excluding steroid dienone is 1. The van der Waals surface area contributed by atoms with E-state index in [9.17, 15) is 19.5 Å². The maximum absolute atomic E-state index is 12.8. The number of carboxylic acids is 1. The number of hydrazine groups is 1. The molecule has 0 fully saturated rings. The third kappa shape index (κ3) is 2.89. The van der Waals surface area contributed by atoms with E-state index in [1.165, 1.54) is 11.9 Å². The van der Waals surface area contributed by atoms with Crippen LogP contribution in [0.2, 0.25) is 0 Å². The lowest BCUT2D eigenvalue weighted by Crippen LogP contribution is -2.52. The maximum Gasteiger partial charge on any atom is 0.322 e. The van der Waals surface area contributed by atoms with E-state index in [-0.39, 0.29) is 5.41 Å². The number of amides is 1. The van der Waals surface area contributed by atoms with Crippen molar-refractivity contribution in [3.05, 3.63) is 21.9 Å². The van der Waals surface area contributed by atoms with Crippen LogP contribution < -0.4 is 10.7 Å². The number of fused-ring (bicyclic) bond motifs is 2. The second-order valence-electron chi connectivity index (χ2n) is 6.89. The molecule has 3 rings (SSSR count). The van der Waals surface area contributed by atoms with Crippen LogP contribution in [0.25, 0.3) is 0 Å². The minimum absolute atomic E-state index is 0.0740. The fraction of sp³-hybridized carbons (Fsp3) is 0.533. The summed E-state index contributed by atoms with van der Waals surface area (Å²) < 4.78 is 1.57. The molecule has 1 unspecified atom stereocenters. The number of ketones is 1. The highest BCUT2D eigenvalue weighted by atomic mass is 32.2. The van der Waals surface area contributed by atoms with Gasteiger partial charge in [0.25, 0.3) is 5.91 Å². The molecule has 2 aliphatic heterocycles. The molecular formula is C15H19N3O5S. The number of hydrogen-bond acceptors (Lipinski definition) is 7. The fourth-order valence-electron chi connectivity index (χ4n) is 3.21. The summed E-state index contributed by atoms with van der Waals surface area (Å²) in [6.45, 7) is 3.66. The summed E-state index contributed by atoms with van der Waals surface area (Å²) in [6, 6.07) is -0.647. The Balaban J connectivity index is 1.86. The molecule has 0 aromatic carbocycles. The van der Waals surface area contributed by atoms with Crippen LogP contribution in [-0.2, 0) is 14.4 Å². The first kappa shape index (κ1) is 16.8. The summed E-state index contributed by atoms with van der Waals surface area (Å²) in [6.07, 6.45) is 2.62. The van der Waals surface area contributed by atoms with Gasteiger partial charge in [0.05, 0.1) is 0 Å². The number of carbonyl (C=O) groups is 3. The highest BCUT2D eigenvalue weighted by Crippen LogP contribution is 2.51.